The summed E-state index contributed by atoms with van der Waals surface area (Å²) in [6, 6.07) is 0.464. The molecule has 54 valence electrons. The van der Waals surface area contributed by atoms with Crippen molar-refractivity contribution >= 4 is 5.91 Å². The summed E-state index contributed by atoms with van der Waals surface area (Å²) in [6.45, 7) is 2.11. The maximum atomic E-state index is 10.7. The first-order valence-corrected chi connectivity index (χ1v) is 3.62. The number of hydrogen-bond donors (Lipinski definition) is 1. The number of carbonyl (C=O) groups excluding carboxylic acids is 1. The lowest BCUT2D eigenvalue weighted by Crippen LogP contribution is -2.37. The fraction of sp³-hybridized carbons (Fsp3) is 0.857. The van der Waals surface area contributed by atoms with Crippen LogP contribution in [0.5, 0.6) is 0 Å². The molecule has 1 amide bonds. The Kier molecular flexibility index (Phi) is 2.09. The Morgan fingerprint density at radius 3 is 3.11 bits per heavy atom. The average Bonchev–Trinajstić information content (AvgIpc) is 1.88. The topological polar surface area (TPSA) is 29.1 Å². The van der Waals surface area contributed by atoms with Gasteiger partial charge in [0.15, 0.2) is 0 Å². The normalized spacial score (nSPS) is 27.7. The Balaban J connectivity index is 0.000000810. The maximum absolute atomic E-state index is 10.7. The molecule has 1 fully saturated rings. The molecule has 0 spiro atoms. The Hall–Kier alpha value is -0.530. The second kappa shape index (κ2) is 2.85. The molecule has 0 unspecified atom stereocenters. The standard InChI is InChI=1S/C7H13NO.H2/c1-2-6-4-3-5-7(9)8-6;/h6H,2-5H2,1H3,(H,8,9);1H/t6-;/m0./s1. The van der Waals surface area contributed by atoms with E-state index in [1.165, 1.54) is 6.42 Å². The zero-order chi connectivity index (χ0) is 6.69. The molecule has 1 atom stereocenters. The summed E-state index contributed by atoms with van der Waals surface area (Å²) in [5.74, 6) is 0.230. The van der Waals surface area contributed by atoms with Crippen molar-refractivity contribution in [1.29, 1.82) is 0 Å². The zero-order valence-corrected chi connectivity index (χ0v) is 5.81. The van der Waals surface area contributed by atoms with Crippen molar-refractivity contribution in [2.75, 3.05) is 0 Å². The first kappa shape index (κ1) is 6.59. The number of nitrogens with one attached hydrogen (secondary N) is 1. The molecule has 0 bridgehead atoms. The van der Waals surface area contributed by atoms with Crippen LogP contribution in [0.1, 0.15) is 34.0 Å². The second-order valence-electron chi connectivity index (χ2n) is 2.56. The number of piperidine rings is 1. The molecule has 0 aromatic carbocycles. The van der Waals surface area contributed by atoms with Crippen molar-refractivity contribution in [2.24, 2.45) is 0 Å². The van der Waals surface area contributed by atoms with E-state index in [2.05, 4.69) is 12.2 Å². The first-order valence-electron chi connectivity index (χ1n) is 3.62. The molecule has 1 rings (SSSR count). The van der Waals surface area contributed by atoms with Crippen LogP contribution in [0.2, 0.25) is 0 Å². The van der Waals surface area contributed by atoms with Crippen LogP contribution in [0, 0.1) is 0 Å². The smallest absolute Gasteiger partial charge is 0.220 e. The van der Waals surface area contributed by atoms with E-state index in [4.69, 9.17) is 0 Å². The Morgan fingerprint density at radius 1 is 1.89 bits per heavy atom. The van der Waals surface area contributed by atoms with E-state index in [1.54, 1.807) is 0 Å². The molecule has 1 aliphatic rings. The van der Waals surface area contributed by atoms with E-state index < -0.39 is 0 Å². The molecule has 0 saturated carbocycles. The summed E-state index contributed by atoms with van der Waals surface area (Å²) in [5, 5.41) is 2.93. The Morgan fingerprint density at radius 2 is 2.67 bits per heavy atom. The molecular formula is C7H15NO. The fourth-order valence-electron chi connectivity index (χ4n) is 1.19. The van der Waals surface area contributed by atoms with Crippen LogP contribution in [0.25, 0.3) is 0 Å². The quantitative estimate of drug-likeness (QED) is 0.568. The highest BCUT2D eigenvalue weighted by molar-refractivity contribution is 5.76. The van der Waals surface area contributed by atoms with Crippen LogP contribution in [0.15, 0.2) is 0 Å². The number of hydrogen-bond acceptors (Lipinski definition) is 1. The molecule has 2 heteroatoms. The third-order valence-electron chi connectivity index (χ3n) is 1.81. The summed E-state index contributed by atoms with van der Waals surface area (Å²) >= 11 is 0. The van der Waals surface area contributed by atoms with Gasteiger partial charge < -0.3 is 5.32 Å². The number of amides is 1. The highest BCUT2D eigenvalue weighted by Gasteiger charge is 2.15. The zero-order valence-electron chi connectivity index (χ0n) is 5.81. The maximum Gasteiger partial charge on any atom is 0.220 e. The summed E-state index contributed by atoms with van der Waals surface area (Å²) < 4.78 is 0. The number of carbonyl (C=O) groups is 1. The van der Waals surface area contributed by atoms with Crippen molar-refractivity contribution in [3.05, 3.63) is 0 Å². The van der Waals surface area contributed by atoms with Crippen molar-refractivity contribution in [1.82, 2.24) is 5.32 Å². The van der Waals surface area contributed by atoms with E-state index in [-0.39, 0.29) is 7.33 Å². The molecule has 0 aromatic rings. The van der Waals surface area contributed by atoms with Crippen LogP contribution in [0.4, 0.5) is 0 Å². The van der Waals surface area contributed by atoms with Gasteiger partial charge >= 0.3 is 0 Å². The Labute approximate surface area is 57.1 Å². The summed E-state index contributed by atoms with van der Waals surface area (Å²) in [6.07, 6.45) is 4.05. The molecule has 9 heavy (non-hydrogen) atoms. The molecule has 0 aromatic heterocycles. The van der Waals surface area contributed by atoms with E-state index in [0.717, 1.165) is 19.3 Å². The van der Waals surface area contributed by atoms with Crippen LogP contribution in [-0.2, 0) is 4.79 Å². The van der Waals surface area contributed by atoms with Gasteiger partial charge in [0.2, 0.25) is 5.91 Å². The van der Waals surface area contributed by atoms with Crippen LogP contribution < -0.4 is 5.32 Å². The third kappa shape index (κ3) is 1.70. The first-order chi connectivity index (χ1) is 4.33. The lowest BCUT2D eigenvalue weighted by Gasteiger charge is -2.21. The SMILES string of the molecule is CC[C@H]1CCCC(=O)N1.[HH]. The molecule has 1 aliphatic heterocycles. The average molecular weight is 129 g/mol. The van der Waals surface area contributed by atoms with Crippen LogP contribution in [0.3, 0.4) is 0 Å². The van der Waals surface area contributed by atoms with E-state index in [1.807, 2.05) is 0 Å². The van der Waals surface area contributed by atoms with Crippen LogP contribution in [-0.4, -0.2) is 11.9 Å². The molecule has 1 heterocycles. The fourth-order valence-corrected chi connectivity index (χ4v) is 1.19. The van der Waals surface area contributed by atoms with Crippen molar-refractivity contribution in [3.8, 4) is 0 Å². The molecule has 1 N–H and O–H groups in total. The van der Waals surface area contributed by atoms with Gasteiger partial charge in [-0.1, -0.05) is 6.92 Å². The number of rotatable bonds is 1. The largest absolute Gasteiger partial charge is 0.353 e. The van der Waals surface area contributed by atoms with Gasteiger partial charge in [0, 0.05) is 13.9 Å². The van der Waals surface area contributed by atoms with E-state index >= 15 is 0 Å². The highest BCUT2D eigenvalue weighted by Crippen LogP contribution is 2.09. The molecule has 0 radical (unpaired) electrons. The minimum Gasteiger partial charge on any atom is -0.353 e. The third-order valence-corrected chi connectivity index (χ3v) is 1.81. The van der Waals surface area contributed by atoms with Crippen LogP contribution >= 0.6 is 0 Å². The lowest BCUT2D eigenvalue weighted by atomic mass is 10.0. The van der Waals surface area contributed by atoms with E-state index in [0.29, 0.717) is 6.04 Å². The minimum absolute atomic E-state index is 0. The van der Waals surface area contributed by atoms with E-state index in [9.17, 15) is 4.79 Å². The predicted molar refractivity (Wildman–Crippen MR) is 38.2 cm³/mol. The highest BCUT2D eigenvalue weighted by atomic mass is 16.1. The summed E-state index contributed by atoms with van der Waals surface area (Å²) in [4.78, 5) is 10.7. The van der Waals surface area contributed by atoms with Gasteiger partial charge in [0.1, 0.15) is 0 Å². The summed E-state index contributed by atoms with van der Waals surface area (Å²) in [7, 11) is 0. The van der Waals surface area contributed by atoms with Gasteiger partial charge in [-0.25, -0.2) is 0 Å². The van der Waals surface area contributed by atoms with Gasteiger partial charge in [-0.05, 0) is 19.3 Å². The van der Waals surface area contributed by atoms with Gasteiger partial charge in [-0.3, -0.25) is 4.79 Å². The molecule has 1 saturated heterocycles. The lowest BCUT2D eigenvalue weighted by molar-refractivity contribution is -0.123. The van der Waals surface area contributed by atoms with Gasteiger partial charge in [0.25, 0.3) is 0 Å². The monoisotopic (exact) mass is 129 g/mol. The summed E-state index contributed by atoms with van der Waals surface area (Å²) in [5.41, 5.74) is 0. The van der Waals surface area contributed by atoms with Gasteiger partial charge in [-0.15, -0.1) is 0 Å². The van der Waals surface area contributed by atoms with Gasteiger partial charge in [-0.2, -0.15) is 0 Å². The van der Waals surface area contributed by atoms with Gasteiger partial charge in [0.05, 0.1) is 0 Å². The van der Waals surface area contributed by atoms with Crippen molar-refractivity contribution < 1.29 is 6.22 Å². The van der Waals surface area contributed by atoms with Crippen molar-refractivity contribution in [3.63, 3.8) is 0 Å². The molecule has 2 nitrogen and oxygen atoms in total. The Bertz CT molecular complexity index is 116. The van der Waals surface area contributed by atoms with Crippen molar-refractivity contribution in [2.45, 2.75) is 38.6 Å². The minimum atomic E-state index is 0. The molecule has 0 aliphatic carbocycles. The predicted octanol–water partition coefficient (Wildman–Crippen LogP) is 1.31. The molecular weight excluding hydrogens is 114 g/mol. The second-order valence-corrected chi connectivity index (χ2v) is 2.56.